The molecule has 8 atom stereocenters. The quantitative estimate of drug-likeness (QED) is 0.217. The molecule has 0 aromatic rings. The molecule has 0 spiro atoms. The number of allylic oxidation sites excluding steroid dienone is 1. The summed E-state index contributed by atoms with van der Waals surface area (Å²) < 4.78 is 1.27. The van der Waals surface area contributed by atoms with Gasteiger partial charge in [-0.1, -0.05) is 81.2 Å². The second-order valence-electron chi connectivity index (χ2n) is 12.1. The van der Waals surface area contributed by atoms with Crippen molar-refractivity contribution in [3.05, 3.63) is 11.6 Å². The molecule has 4 rings (SSSR count). The molecule has 0 saturated heterocycles. The molecular formula is C27H45IO. The van der Waals surface area contributed by atoms with E-state index in [0.29, 0.717) is 10.8 Å². The Hall–Kier alpha value is 0.430. The molecule has 0 radical (unpaired) electrons. The van der Waals surface area contributed by atoms with Crippen molar-refractivity contribution < 1.29 is 5.11 Å². The Kier molecular flexibility index (Phi) is 6.83. The van der Waals surface area contributed by atoms with Gasteiger partial charge in [0.2, 0.25) is 0 Å². The molecule has 0 unspecified atom stereocenters. The smallest absolute Gasteiger partial charge is 0.0577 e. The maximum atomic E-state index is 10.3. The molecule has 1 nitrogen and oxygen atoms in total. The monoisotopic (exact) mass is 516 g/mol. The lowest BCUT2D eigenvalue weighted by Gasteiger charge is -2.59. The number of rotatable bonds is 6. The molecule has 0 aliphatic heterocycles. The molecule has 3 fully saturated rings. The molecule has 2 heteroatoms. The van der Waals surface area contributed by atoms with E-state index in [-0.39, 0.29) is 6.10 Å². The van der Waals surface area contributed by atoms with Crippen LogP contribution in [0.25, 0.3) is 0 Å². The second kappa shape index (κ2) is 8.75. The Bertz CT molecular complexity index is 612. The lowest BCUT2D eigenvalue weighted by Crippen LogP contribution is -2.52. The lowest BCUT2D eigenvalue weighted by molar-refractivity contribution is -0.0548. The van der Waals surface area contributed by atoms with Crippen molar-refractivity contribution in [2.45, 2.75) is 104 Å². The minimum Gasteiger partial charge on any atom is -0.393 e. The van der Waals surface area contributed by atoms with Crippen LogP contribution in [-0.4, -0.2) is 15.6 Å². The van der Waals surface area contributed by atoms with E-state index in [1.807, 2.05) is 0 Å². The molecule has 4 aliphatic carbocycles. The summed E-state index contributed by atoms with van der Waals surface area (Å²) in [6.45, 7) is 10.0. The Labute approximate surface area is 194 Å². The average Bonchev–Trinajstić information content (AvgIpc) is 3.04. The van der Waals surface area contributed by atoms with E-state index < -0.39 is 0 Å². The fourth-order valence-corrected chi connectivity index (χ4v) is 10.1. The van der Waals surface area contributed by atoms with Crippen molar-refractivity contribution in [2.75, 3.05) is 4.43 Å². The standard InChI is InChI=1S/C27H45IO/c1-18(2)6-5-7-19(3)23-10-11-24-22-9-8-20-16-21(29)12-15-27(20,17-28)25(22)13-14-26(23,24)4/h8,18-19,21-25,29H,5-7,9-17H2,1-4H3/t19-,21+,22+,23-,24+,25+,26-,27-/m1/s1/i28+4. The molecule has 3 saturated carbocycles. The summed E-state index contributed by atoms with van der Waals surface area (Å²) >= 11 is 2.68. The molecule has 1 N–H and O–H groups in total. The topological polar surface area (TPSA) is 20.2 Å². The lowest BCUT2D eigenvalue weighted by atomic mass is 9.47. The van der Waals surface area contributed by atoms with E-state index in [2.05, 4.69) is 56.4 Å². The average molecular weight is 517 g/mol. The van der Waals surface area contributed by atoms with Gasteiger partial charge in [0.05, 0.1) is 6.10 Å². The highest BCUT2D eigenvalue weighted by Gasteiger charge is 2.59. The largest absolute Gasteiger partial charge is 0.393 e. The number of aliphatic hydroxyl groups excluding tert-OH is 1. The number of hydrogen-bond acceptors (Lipinski definition) is 1. The van der Waals surface area contributed by atoms with Gasteiger partial charge in [-0.2, -0.15) is 0 Å². The first kappa shape index (κ1) is 22.6. The highest BCUT2D eigenvalue weighted by molar-refractivity contribution is 14.1. The van der Waals surface area contributed by atoms with E-state index >= 15 is 0 Å². The van der Waals surface area contributed by atoms with E-state index in [4.69, 9.17) is 0 Å². The summed E-state index contributed by atoms with van der Waals surface area (Å²) in [6.07, 6.45) is 17.2. The van der Waals surface area contributed by atoms with Gasteiger partial charge in [-0.05, 0) is 92.3 Å². The fourth-order valence-electron chi connectivity index (χ4n) is 8.71. The molecule has 0 aromatic carbocycles. The third kappa shape index (κ3) is 3.89. The van der Waals surface area contributed by atoms with Gasteiger partial charge >= 0.3 is 0 Å². The van der Waals surface area contributed by atoms with Crippen LogP contribution in [0, 0.1) is 46.3 Å². The van der Waals surface area contributed by atoms with E-state index in [1.165, 1.54) is 62.2 Å². The summed E-state index contributed by atoms with van der Waals surface area (Å²) in [6, 6.07) is 0. The maximum Gasteiger partial charge on any atom is 0.0577 e. The van der Waals surface area contributed by atoms with Gasteiger partial charge in [-0.15, -0.1) is 0 Å². The summed E-state index contributed by atoms with van der Waals surface area (Å²) in [7, 11) is 0. The summed E-state index contributed by atoms with van der Waals surface area (Å²) in [5.41, 5.74) is 2.65. The zero-order valence-corrected chi connectivity index (χ0v) is 21.6. The number of halogens is 1. The maximum absolute atomic E-state index is 10.3. The van der Waals surface area contributed by atoms with Crippen molar-refractivity contribution in [1.82, 2.24) is 0 Å². The van der Waals surface area contributed by atoms with Crippen LogP contribution in [-0.2, 0) is 0 Å². The highest BCUT2D eigenvalue weighted by atomic mass is 131. The second-order valence-corrected chi connectivity index (χ2v) is 12.8. The molecule has 166 valence electrons. The van der Waals surface area contributed by atoms with Crippen LogP contribution >= 0.6 is 22.6 Å². The van der Waals surface area contributed by atoms with Crippen molar-refractivity contribution in [1.29, 1.82) is 0 Å². The van der Waals surface area contributed by atoms with Crippen LogP contribution in [0.4, 0.5) is 0 Å². The summed E-state index contributed by atoms with van der Waals surface area (Å²) in [5.74, 6) is 5.46. The van der Waals surface area contributed by atoms with Gasteiger partial charge in [0.1, 0.15) is 0 Å². The third-order valence-electron chi connectivity index (χ3n) is 10.2. The van der Waals surface area contributed by atoms with Gasteiger partial charge in [-0.3, -0.25) is 0 Å². The molecule has 0 aromatic heterocycles. The van der Waals surface area contributed by atoms with Crippen molar-refractivity contribution in [3.8, 4) is 0 Å². The number of alkyl halides is 1. The first-order valence-corrected chi connectivity index (χ1v) is 14.3. The summed E-state index contributed by atoms with van der Waals surface area (Å²) in [4.78, 5) is 0. The summed E-state index contributed by atoms with van der Waals surface area (Å²) in [5, 5.41) is 10.3. The van der Waals surface area contributed by atoms with Crippen LogP contribution in [0.5, 0.6) is 0 Å². The predicted octanol–water partition coefficient (Wildman–Crippen LogP) is 7.80. The Morgan fingerprint density at radius 1 is 1.07 bits per heavy atom. The van der Waals surface area contributed by atoms with Crippen LogP contribution in [0.1, 0.15) is 98.3 Å². The highest BCUT2D eigenvalue weighted by Crippen LogP contribution is 2.67. The normalized spacial score (nSPS) is 45.3. The van der Waals surface area contributed by atoms with Crippen molar-refractivity contribution in [2.24, 2.45) is 46.3 Å². The van der Waals surface area contributed by atoms with E-state index in [1.54, 1.807) is 5.57 Å². The molecule has 0 bridgehead atoms. The molecule has 0 heterocycles. The molecule has 29 heavy (non-hydrogen) atoms. The zero-order chi connectivity index (χ0) is 20.8. The molecule has 0 amide bonds. The van der Waals surface area contributed by atoms with Gasteiger partial charge in [0.15, 0.2) is 0 Å². The Morgan fingerprint density at radius 2 is 1.86 bits per heavy atom. The van der Waals surface area contributed by atoms with Crippen molar-refractivity contribution >= 4 is 22.6 Å². The SMILES string of the molecule is CC(C)CCC[C@@H](C)[C@H]1CC[C@H]2[C@@H]3CC=C4C[C@@H](O)CC[C@]4(C[131I])[C@H]3CC[C@]12C. The van der Waals surface area contributed by atoms with Crippen LogP contribution in [0.3, 0.4) is 0 Å². The van der Waals surface area contributed by atoms with Crippen LogP contribution in [0.15, 0.2) is 11.6 Å². The minimum absolute atomic E-state index is 0.0784. The molecule has 4 aliphatic rings. The van der Waals surface area contributed by atoms with Crippen molar-refractivity contribution in [3.63, 3.8) is 0 Å². The first-order valence-electron chi connectivity index (χ1n) is 12.8. The Morgan fingerprint density at radius 3 is 2.59 bits per heavy atom. The van der Waals surface area contributed by atoms with Gasteiger partial charge < -0.3 is 5.11 Å². The Balaban J connectivity index is 1.51. The zero-order valence-electron chi connectivity index (χ0n) is 19.4. The molecular weight excluding hydrogens is 471 g/mol. The minimum atomic E-state index is -0.0784. The number of fused-ring (bicyclic) bond motifs is 5. The number of hydrogen-bond donors (Lipinski definition) is 1. The fraction of sp³-hybridized carbons (Fsp3) is 0.926. The van der Waals surface area contributed by atoms with Crippen LogP contribution in [0.2, 0.25) is 0 Å². The van der Waals surface area contributed by atoms with Gasteiger partial charge in [0, 0.05) is 9.84 Å². The van der Waals surface area contributed by atoms with E-state index in [0.717, 1.165) is 48.3 Å². The van der Waals surface area contributed by atoms with Crippen LogP contribution < -0.4 is 0 Å². The van der Waals surface area contributed by atoms with E-state index in [9.17, 15) is 5.11 Å². The number of aliphatic hydroxyl groups is 1. The van der Waals surface area contributed by atoms with Gasteiger partial charge in [0.25, 0.3) is 0 Å². The third-order valence-corrected chi connectivity index (χ3v) is 11.6. The predicted molar refractivity (Wildman–Crippen MR) is 132 cm³/mol. The van der Waals surface area contributed by atoms with Gasteiger partial charge in [-0.25, -0.2) is 0 Å². The first-order chi connectivity index (χ1) is 13.8.